The van der Waals surface area contributed by atoms with Crippen molar-refractivity contribution < 1.29 is 9.59 Å². The molecule has 4 aromatic rings. The minimum Gasteiger partial charge on any atom is -0.349 e. The van der Waals surface area contributed by atoms with Crippen molar-refractivity contribution in [2.75, 3.05) is 18.4 Å². The first-order valence-corrected chi connectivity index (χ1v) is 14.5. The van der Waals surface area contributed by atoms with E-state index in [1.54, 1.807) is 18.2 Å². The van der Waals surface area contributed by atoms with Crippen LogP contribution in [0.2, 0.25) is 5.15 Å². The first-order chi connectivity index (χ1) is 19.5. The zero-order chi connectivity index (χ0) is 27.5. The summed E-state index contributed by atoms with van der Waals surface area (Å²) >= 11 is 5.98. The molecule has 3 aromatic carbocycles. The lowest BCUT2D eigenvalue weighted by molar-refractivity contribution is -0.120. The van der Waals surface area contributed by atoms with Crippen molar-refractivity contribution in [1.29, 1.82) is 0 Å². The summed E-state index contributed by atoms with van der Waals surface area (Å²) in [7, 11) is 0. The van der Waals surface area contributed by atoms with Crippen LogP contribution in [0, 0.1) is 5.92 Å². The number of carbonyl (C=O) groups is 2. The number of hydrogen-bond acceptors (Lipinski definition) is 4. The second kappa shape index (κ2) is 11.8. The summed E-state index contributed by atoms with van der Waals surface area (Å²) in [5.74, 6) is -0.508. The molecule has 204 valence electrons. The monoisotopic (exact) mass is 552 g/mol. The average Bonchev–Trinajstić information content (AvgIpc) is 3.66. The average molecular weight is 553 g/mol. The highest BCUT2D eigenvalue weighted by atomic mass is 35.5. The highest BCUT2D eigenvalue weighted by Gasteiger charge is 2.34. The van der Waals surface area contributed by atoms with Crippen molar-refractivity contribution in [3.05, 3.63) is 95.1 Å². The van der Waals surface area contributed by atoms with E-state index in [2.05, 4.69) is 56.9 Å². The molecule has 6 rings (SSSR count). The molecule has 0 radical (unpaired) electrons. The van der Waals surface area contributed by atoms with Crippen LogP contribution in [0.15, 0.2) is 78.9 Å². The first-order valence-electron chi connectivity index (χ1n) is 14.1. The fraction of sp³-hybridized carbons (Fsp3) is 0.303. The van der Waals surface area contributed by atoms with E-state index < -0.39 is 0 Å². The van der Waals surface area contributed by atoms with Crippen LogP contribution >= 0.6 is 11.6 Å². The van der Waals surface area contributed by atoms with Gasteiger partial charge in [0.1, 0.15) is 5.15 Å². The molecule has 1 aromatic heterocycles. The standard InChI is InChI=1S/C33H33ClN4O2/c34-31-17-13-23-20-24(12-16-29(23)36-31)32(39)37-30-9-5-8-28(30)33(40)35-26-14-10-22(11-15-26)27-7-2-1-6-25(27)21-38-18-3-4-19-38/h1-2,6-7,10-17,20,28,30H,3-5,8-9,18-19,21H2,(H,35,40)(H,37,39)/t28-,30+/m0/s1. The molecule has 1 saturated heterocycles. The SMILES string of the molecule is O=C(N[C@@H]1CCC[C@@H]1C(=O)Nc1ccc(-c2ccccc2CN2CCCC2)cc1)c1ccc2nc(Cl)ccc2c1. The normalized spacial score (nSPS) is 19.1. The van der Waals surface area contributed by atoms with Gasteiger partial charge in [-0.2, -0.15) is 0 Å². The van der Waals surface area contributed by atoms with E-state index in [1.807, 2.05) is 24.3 Å². The third-order valence-corrected chi connectivity index (χ3v) is 8.37. The van der Waals surface area contributed by atoms with E-state index >= 15 is 0 Å². The maximum atomic E-state index is 13.3. The van der Waals surface area contributed by atoms with E-state index in [4.69, 9.17) is 11.6 Å². The number of pyridine rings is 1. The molecule has 2 N–H and O–H groups in total. The number of nitrogens with zero attached hydrogens (tertiary/aromatic N) is 2. The fourth-order valence-electron chi connectivity index (χ4n) is 6.03. The number of hydrogen-bond donors (Lipinski definition) is 2. The molecule has 2 aliphatic rings. The molecular formula is C33H33ClN4O2. The van der Waals surface area contributed by atoms with Crippen LogP contribution in [-0.2, 0) is 11.3 Å². The molecule has 6 nitrogen and oxygen atoms in total. The van der Waals surface area contributed by atoms with Crippen LogP contribution in [0.4, 0.5) is 5.69 Å². The van der Waals surface area contributed by atoms with Gasteiger partial charge in [0.15, 0.2) is 0 Å². The van der Waals surface area contributed by atoms with Crippen molar-refractivity contribution in [1.82, 2.24) is 15.2 Å². The Labute approximate surface area is 239 Å². The summed E-state index contributed by atoms with van der Waals surface area (Å²) < 4.78 is 0. The number of amides is 2. The van der Waals surface area contributed by atoms with E-state index in [0.717, 1.165) is 61.1 Å². The Morgan fingerprint density at radius 3 is 2.52 bits per heavy atom. The zero-order valence-electron chi connectivity index (χ0n) is 22.4. The topological polar surface area (TPSA) is 74.3 Å². The van der Waals surface area contributed by atoms with Crippen LogP contribution in [0.1, 0.15) is 48.0 Å². The van der Waals surface area contributed by atoms with E-state index in [1.165, 1.54) is 24.0 Å². The van der Waals surface area contributed by atoms with Crippen LogP contribution in [0.5, 0.6) is 0 Å². The van der Waals surface area contributed by atoms with Crippen molar-refractivity contribution in [2.45, 2.75) is 44.7 Å². The molecule has 2 atom stereocenters. The van der Waals surface area contributed by atoms with Crippen LogP contribution in [0.3, 0.4) is 0 Å². The maximum absolute atomic E-state index is 13.3. The highest BCUT2D eigenvalue weighted by Crippen LogP contribution is 2.30. The van der Waals surface area contributed by atoms with E-state index in [0.29, 0.717) is 10.7 Å². The third-order valence-electron chi connectivity index (χ3n) is 8.16. The number of likely N-dealkylation sites (tertiary alicyclic amines) is 1. The fourth-order valence-corrected chi connectivity index (χ4v) is 6.18. The lowest BCUT2D eigenvalue weighted by Gasteiger charge is -2.21. The van der Waals surface area contributed by atoms with Crippen LogP contribution in [-0.4, -0.2) is 40.8 Å². The largest absolute Gasteiger partial charge is 0.349 e. The third kappa shape index (κ3) is 5.88. The van der Waals surface area contributed by atoms with Gasteiger partial charge in [-0.05, 0) is 97.9 Å². The van der Waals surface area contributed by atoms with Gasteiger partial charge < -0.3 is 10.6 Å². The zero-order valence-corrected chi connectivity index (χ0v) is 23.2. The molecule has 7 heteroatoms. The second-order valence-corrected chi connectivity index (χ2v) is 11.3. The molecule has 0 spiro atoms. The minimum atomic E-state index is -0.272. The van der Waals surface area contributed by atoms with Gasteiger partial charge in [-0.3, -0.25) is 14.5 Å². The number of fused-ring (bicyclic) bond motifs is 1. The second-order valence-electron chi connectivity index (χ2n) is 10.9. The number of carbonyl (C=O) groups excluding carboxylic acids is 2. The van der Waals surface area contributed by atoms with Gasteiger partial charge in [-0.15, -0.1) is 0 Å². The summed E-state index contributed by atoms with van der Waals surface area (Å²) in [6.07, 6.45) is 4.98. The molecule has 1 aliphatic heterocycles. The predicted molar refractivity (Wildman–Crippen MR) is 160 cm³/mol. The summed E-state index contributed by atoms with van der Waals surface area (Å²) in [6.45, 7) is 3.29. The number of nitrogens with one attached hydrogen (secondary N) is 2. The Hall–Kier alpha value is -3.74. The summed E-state index contributed by atoms with van der Waals surface area (Å²) in [6, 6.07) is 25.4. The first kappa shape index (κ1) is 26.5. The van der Waals surface area contributed by atoms with Gasteiger partial charge in [0.2, 0.25) is 5.91 Å². The van der Waals surface area contributed by atoms with Crippen molar-refractivity contribution >= 4 is 40.0 Å². The smallest absolute Gasteiger partial charge is 0.251 e. The number of aromatic nitrogens is 1. The number of benzene rings is 3. The highest BCUT2D eigenvalue weighted by molar-refractivity contribution is 6.29. The Kier molecular flexibility index (Phi) is 7.80. The molecule has 2 fully saturated rings. The van der Waals surface area contributed by atoms with Gasteiger partial charge in [0.25, 0.3) is 5.91 Å². The molecule has 1 aliphatic carbocycles. The van der Waals surface area contributed by atoms with E-state index in [-0.39, 0.29) is 23.8 Å². The lowest BCUT2D eigenvalue weighted by Crippen LogP contribution is -2.41. The number of rotatable bonds is 7. The minimum absolute atomic E-state index is 0.0534. The Morgan fingerprint density at radius 1 is 0.900 bits per heavy atom. The van der Waals surface area contributed by atoms with Gasteiger partial charge >= 0.3 is 0 Å². The quantitative estimate of drug-likeness (QED) is 0.251. The van der Waals surface area contributed by atoms with E-state index in [9.17, 15) is 9.59 Å². The molecule has 2 heterocycles. The number of anilines is 1. The van der Waals surface area contributed by atoms with Crippen LogP contribution in [0.25, 0.3) is 22.0 Å². The maximum Gasteiger partial charge on any atom is 0.251 e. The lowest BCUT2D eigenvalue weighted by atomic mass is 9.98. The van der Waals surface area contributed by atoms with Gasteiger partial charge in [0.05, 0.1) is 11.4 Å². The Balaban J connectivity index is 1.10. The van der Waals surface area contributed by atoms with Gasteiger partial charge in [-0.1, -0.05) is 54.4 Å². The Bertz CT molecular complexity index is 1530. The van der Waals surface area contributed by atoms with Gasteiger partial charge in [-0.25, -0.2) is 4.98 Å². The predicted octanol–water partition coefficient (Wildman–Crippen LogP) is 6.69. The van der Waals surface area contributed by atoms with Crippen LogP contribution < -0.4 is 10.6 Å². The van der Waals surface area contributed by atoms with Crippen molar-refractivity contribution in [3.8, 4) is 11.1 Å². The van der Waals surface area contributed by atoms with Crippen molar-refractivity contribution in [3.63, 3.8) is 0 Å². The molecule has 0 bridgehead atoms. The van der Waals surface area contributed by atoms with Gasteiger partial charge in [0, 0.05) is 29.2 Å². The van der Waals surface area contributed by atoms with Crippen molar-refractivity contribution in [2.24, 2.45) is 5.92 Å². The summed E-state index contributed by atoms with van der Waals surface area (Å²) in [5.41, 5.74) is 5.76. The molecule has 1 saturated carbocycles. The Morgan fingerprint density at radius 2 is 1.70 bits per heavy atom. The summed E-state index contributed by atoms with van der Waals surface area (Å²) in [5, 5.41) is 7.46. The molecule has 40 heavy (non-hydrogen) atoms. The molecule has 2 amide bonds. The summed E-state index contributed by atoms with van der Waals surface area (Å²) in [4.78, 5) is 33.1. The molecule has 0 unspecified atom stereocenters. The number of halogens is 1. The molecular weight excluding hydrogens is 520 g/mol.